The Balaban J connectivity index is 1.35. The number of benzene rings is 2. The summed E-state index contributed by atoms with van der Waals surface area (Å²) in [5.41, 5.74) is 6.24. The third-order valence-corrected chi connectivity index (χ3v) is 5.26. The summed E-state index contributed by atoms with van der Waals surface area (Å²) in [6.45, 7) is 3.30. The molecule has 1 aliphatic heterocycles. The predicted molar refractivity (Wildman–Crippen MR) is 97.0 cm³/mol. The number of imidazole rings is 1. The van der Waals surface area contributed by atoms with Gasteiger partial charge >= 0.3 is 0 Å². The fraction of sp³-hybridized carbons (Fsp3) is 0.250. The average molecular weight is 316 g/mol. The molecular formula is C20H20N4. The lowest BCUT2D eigenvalue weighted by Gasteiger charge is -2.16. The lowest BCUT2D eigenvalue weighted by molar-refractivity contribution is 0.328. The van der Waals surface area contributed by atoms with Gasteiger partial charge in [0.25, 0.3) is 0 Å². The van der Waals surface area contributed by atoms with E-state index >= 15 is 0 Å². The SMILES string of the molecule is c1ccc2c(CN3CCC(c4ccc5nc[nH]c5c4)C3)c[nH]c2c1. The van der Waals surface area contributed by atoms with E-state index in [1.54, 1.807) is 6.33 Å². The number of nitrogens with one attached hydrogen (secondary N) is 2. The molecule has 1 unspecified atom stereocenters. The lowest BCUT2D eigenvalue weighted by Crippen LogP contribution is -2.19. The van der Waals surface area contributed by atoms with Crippen LogP contribution < -0.4 is 0 Å². The van der Waals surface area contributed by atoms with Crippen LogP contribution in [0.3, 0.4) is 0 Å². The highest BCUT2D eigenvalue weighted by atomic mass is 15.1. The highest BCUT2D eigenvalue weighted by Crippen LogP contribution is 2.30. The van der Waals surface area contributed by atoms with Crippen LogP contribution in [0.15, 0.2) is 55.0 Å². The summed E-state index contributed by atoms with van der Waals surface area (Å²) in [4.78, 5) is 13.5. The second kappa shape index (κ2) is 5.49. The molecule has 4 heteroatoms. The van der Waals surface area contributed by atoms with Gasteiger partial charge in [-0.05, 0) is 48.2 Å². The van der Waals surface area contributed by atoms with Crippen molar-refractivity contribution in [2.24, 2.45) is 0 Å². The van der Waals surface area contributed by atoms with E-state index in [0.717, 1.165) is 30.7 Å². The number of hydrogen-bond donors (Lipinski definition) is 2. The monoisotopic (exact) mass is 316 g/mol. The smallest absolute Gasteiger partial charge is 0.0931 e. The van der Waals surface area contributed by atoms with Crippen molar-refractivity contribution in [1.82, 2.24) is 19.9 Å². The summed E-state index contributed by atoms with van der Waals surface area (Å²) in [6.07, 6.45) is 5.16. The molecule has 0 spiro atoms. The van der Waals surface area contributed by atoms with Crippen LogP contribution in [-0.2, 0) is 6.54 Å². The Hall–Kier alpha value is -2.59. The van der Waals surface area contributed by atoms with Crippen molar-refractivity contribution in [2.75, 3.05) is 13.1 Å². The minimum absolute atomic E-state index is 0.614. The van der Waals surface area contributed by atoms with Gasteiger partial charge < -0.3 is 9.97 Å². The number of para-hydroxylation sites is 1. The van der Waals surface area contributed by atoms with Gasteiger partial charge in [0, 0.05) is 30.2 Å². The number of H-pyrrole nitrogens is 2. The van der Waals surface area contributed by atoms with E-state index in [1.165, 1.54) is 28.5 Å². The Labute approximate surface area is 140 Å². The molecule has 24 heavy (non-hydrogen) atoms. The fourth-order valence-corrected chi connectivity index (χ4v) is 3.96. The average Bonchev–Trinajstić information content (AvgIpc) is 3.34. The number of likely N-dealkylation sites (tertiary alicyclic amines) is 1. The molecule has 2 aromatic carbocycles. The molecule has 4 nitrogen and oxygen atoms in total. The maximum Gasteiger partial charge on any atom is 0.0931 e. The molecule has 0 radical (unpaired) electrons. The normalized spacial score (nSPS) is 18.8. The second-order valence-corrected chi connectivity index (χ2v) is 6.76. The van der Waals surface area contributed by atoms with E-state index in [-0.39, 0.29) is 0 Å². The molecule has 2 aromatic heterocycles. The fourth-order valence-electron chi connectivity index (χ4n) is 3.96. The van der Waals surface area contributed by atoms with E-state index < -0.39 is 0 Å². The molecule has 4 aromatic rings. The Morgan fingerprint density at radius 1 is 1.08 bits per heavy atom. The molecule has 5 rings (SSSR count). The van der Waals surface area contributed by atoms with E-state index in [0.29, 0.717) is 5.92 Å². The molecule has 1 atom stereocenters. The minimum atomic E-state index is 0.614. The van der Waals surface area contributed by atoms with Gasteiger partial charge in [0.05, 0.1) is 17.4 Å². The van der Waals surface area contributed by atoms with E-state index in [4.69, 9.17) is 0 Å². The van der Waals surface area contributed by atoms with Crippen LogP contribution >= 0.6 is 0 Å². The third-order valence-electron chi connectivity index (χ3n) is 5.26. The maximum atomic E-state index is 4.31. The quantitative estimate of drug-likeness (QED) is 0.599. The molecule has 1 fully saturated rings. The van der Waals surface area contributed by atoms with Crippen LogP contribution in [0.25, 0.3) is 21.9 Å². The first-order valence-corrected chi connectivity index (χ1v) is 8.57. The number of aromatic amines is 2. The largest absolute Gasteiger partial charge is 0.361 e. The minimum Gasteiger partial charge on any atom is -0.361 e. The number of hydrogen-bond acceptors (Lipinski definition) is 2. The van der Waals surface area contributed by atoms with Crippen molar-refractivity contribution >= 4 is 21.9 Å². The van der Waals surface area contributed by atoms with Gasteiger partial charge in [0.1, 0.15) is 0 Å². The first-order chi connectivity index (χ1) is 11.9. The van der Waals surface area contributed by atoms with Gasteiger partial charge in [-0.25, -0.2) is 4.98 Å². The molecule has 0 bridgehead atoms. The summed E-state index contributed by atoms with van der Waals surface area (Å²) in [6, 6.07) is 15.2. The maximum absolute atomic E-state index is 4.31. The lowest BCUT2D eigenvalue weighted by atomic mass is 9.98. The second-order valence-electron chi connectivity index (χ2n) is 6.76. The Morgan fingerprint density at radius 2 is 2.04 bits per heavy atom. The topological polar surface area (TPSA) is 47.7 Å². The molecular weight excluding hydrogens is 296 g/mol. The standard InChI is InChI=1S/C20H20N4/c1-2-4-18-17(3-1)16(10-21-18)12-24-8-7-15(11-24)14-5-6-19-20(9-14)23-13-22-19/h1-6,9-10,13,15,21H,7-8,11-12H2,(H,22,23). The highest BCUT2D eigenvalue weighted by molar-refractivity contribution is 5.83. The van der Waals surface area contributed by atoms with E-state index in [2.05, 4.69) is 68.5 Å². The van der Waals surface area contributed by atoms with Gasteiger partial charge in [-0.15, -0.1) is 0 Å². The predicted octanol–water partition coefficient (Wildman–Crippen LogP) is 4.03. The van der Waals surface area contributed by atoms with E-state index in [1.807, 2.05) is 0 Å². The van der Waals surface area contributed by atoms with Crippen LogP contribution in [-0.4, -0.2) is 32.9 Å². The Bertz CT molecular complexity index is 997. The number of fused-ring (bicyclic) bond motifs is 2. The van der Waals surface area contributed by atoms with Crippen molar-refractivity contribution in [3.05, 3.63) is 66.1 Å². The van der Waals surface area contributed by atoms with Gasteiger partial charge in [0.15, 0.2) is 0 Å². The Kier molecular flexibility index (Phi) is 3.16. The molecule has 1 aliphatic rings. The van der Waals surface area contributed by atoms with Crippen LogP contribution in [0.4, 0.5) is 0 Å². The van der Waals surface area contributed by atoms with Crippen molar-refractivity contribution < 1.29 is 0 Å². The molecule has 3 heterocycles. The Morgan fingerprint density at radius 3 is 3.04 bits per heavy atom. The van der Waals surface area contributed by atoms with Gasteiger partial charge in [-0.2, -0.15) is 0 Å². The zero-order chi connectivity index (χ0) is 15.9. The summed E-state index contributed by atoms with van der Waals surface area (Å²) >= 11 is 0. The summed E-state index contributed by atoms with van der Waals surface area (Å²) in [7, 11) is 0. The first-order valence-electron chi connectivity index (χ1n) is 8.57. The summed E-state index contributed by atoms with van der Waals surface area (Å²) in [5.74, 6) is 0.614. The van der Waals surface area contributed by atoms with Gasteiger partial charge in [0.2, 0.25) is 0 Å². The van der Waals surface area contributed by atoms with Gasteiger partial charge in [-0.3, -0.25) is 4.90 Å². The molecule has 0 aliphatic carbocycles. The first kappa shape index (κ1) is 13.8. The molecule has 120 valence electrons. The molecule has 0 saturated carbocycles. The summed E-state index contributed by atoms with van der Waals surface area (Å²) in [5, 5.41) is 1.35. The number of rotatable bonds is 3. The summed E-state index contributed by atoms with van der Waals surface area (Å²) < 4.78 is 0. The van der Waals surface area contributed by atoms with Crippen molar-refractivity contribution in [2.45, 2.75) is 18.9 Å². The highest BCUT2D eigenvalue weighted by Gasteiger charge is 2.24. The van der Waals surface area contributed by atoms with Crippen molar-refractivity contribution in [1.29, 1.82) is 0 Å². The van der Waals surface area contributed by atoms with Crippen LogP contribution in [0.5, 0.6) is 0 Å². The molecule has 0 amide bonds. The van der Waals surface area contributed by atoms with Crippen LogP contribution in [0.1, 0.15) is 23.5 Å². The number of nitrogens with zero attached hydrogens (tertiary/aromatic N) is 2. The zero-order valence-corrected chi connectivity index (χ0v) is 13.5. The van der Waals surface area contributed by atoms with Crippen LogP contribution in [0, 0.1) is 0 Å². The molecule has 1 saturated heterocycles. The van der Waals surface area contributed by atoms with Gasteiger partial charge in [-0.1, -0.05) is 24.3 Å². The zero-order valence-electron chi connectivity index (χ0n) is 13.5. The van der Waals surface area contributed by atoms with Crippen LogP contribution in [0.2, 0.25) is 0 Å². The van der Waals surface area contributed by atoms with Crippen molar-refractivity contribution in [3.8, 4) is 0 Å². The van der Waals surface area contributed by atoms with Crippen molar-refractivity contribution in [3.63, 3.8) is 0 Å². The number of aromatic nitrogens is 3. The van der Waals surface area contributed by atoms with E-state index in [9.17, 15) is 0 Å². The third kappa shape index (κ3) is 2.31. The molecule has 2 N–H and O–H groups in total.